The van der Waals surface area contributed by atoms with Gasteiger partial charge in [0.05, 0.1) is 11.3 Å². The molecule has 2 heterocycles. The topological polar surface area (TPSA) is 45.2 Å². The fourth-order valence-corrected chi connectivity index (χ4v) is 3.69. The minimum absolute atomic E-state index is 0.133. The molecular weight excluding hydrogens is 286 g/mol. The Bertz CT molecular complexity index is 515. The molecule has 4 nitrogen and oxygen atoms in total. The zero-order chi connectivity index (χ0) is 16.1. The lowest BCUT2D eigenvalue weighted by molar-refractivity contribution is 0.0697. The van der Waals surface area contributed by atoms with E-state index in [2.05, 4.69) is 17.2 Å². The number of nitrogens with zero attached hydrogens (tertiary/aromatic N) is 2. The summed E-state index contributed by atoms with van der Waals surface area (Å²) < 4.78 is 0. The maximum atomic E-state index is 12.7. The first-order valence-corrected chi connectivity index (χ1v) is 9.23. The van der Waals surface area contributed by atoms with Crippen LogP contribution in [0.25, 0.3) is 0 Å². The molecule has 2 fully saturated rings. The van der Waals surface area contributed by atoms with E-state index in [4.69, 9.17) is 0 Å². The molecule has 4 heteroatoms. The van der Waals surface area contributed by atoms with Crippen molar-refractivity contribution in [3.63, 3.8) is 0 Å². The largest absolute Gasteiger partial charge is 0.381 e. The first-order valence-electron chi connectivity index (χ1n) is 9.23. The smallest absolute Gasteiger partial charge is 0.255 e. The number of carbonyl (C=O) groups excluding carboxylic acids is 1. The van der Waals surface area contributed by atoms with Gasteiger partial charge in [0.2, 0.25) is 0 Å². The van der Waals surface area contributed by atoms with Crippen molar-refractivity contribution in [2.75, 3.05) is 18.4 Å². The van der Waals surface area contributed by atoms with E-state index in [-0.39, 0.29) is 5.91 Å². The predicted molar refractivity (Wildman–Crippen MR) is 93.7 cm³/mol. The summed E-state index contributed by atoms with van der Waals surface area (Å²) in [6.45, 7) is 4.02. The molecule has 1 saturated carbocycles. The average Bonchev–Trinajstić information content (AvgIpc) is 2.84. The summed E-state index contributed by atoms with van der Waals surface area (Å²) in [4.78, 5) is 18.9. The second kappa shape index (κ2) is 7.80. The molecule has 1 N–H and O–H groups in total. The zero-order valence-corrected chi connectivity index (χ0v) is 14.3. The molecule has 0 atom stereocenters. The highest BCUT2D eigenvalue weighted by atomic mass is 16.2. The van der Waals surface area contributed by atoms with Crippen LogP contribution in [0.3, 0.4) is 0 Å². The van der Waals surface area contributed by atoms with Gasteiger partial charge < -0.3 is 10.2 Å². The van der Waals surface area contributed by atoms with Gasteiger partial charge in [-0.3, -0.25) is 9.78 Å². The Morgan fingerprint density at radius 2 is 1.78 bits per heavy atom. The lowest BCUT2D eigenvalue weighted by atomic mass is 9.99. The number of likely N-dealkylation sites (tertiary alicyclic amines) is 1. The normalized spacial score (nSPS) is 21.0. The maximum Gasteiger partial charge on any atom is 0.255 e. The van der Waals surface area contributed by atoms with Crippen LogP contribution < -0.4 is 5.32 Å². The number of piperidine rings is 1. The summed E-state index contributed by atoms with van der Waals surface area (Å²) in [5.41, 5.74) is 1.71. The van der Waals surface area contributed by atoms with E-state index in [0.29, 0.717) is 6.04 Å². The number of rotatable bonds is 3. The molecule has 1 saturated heterocycles. The lowest BCUT2D eigenvalue weighted by Crippen LogP contribution is -2.38. The van der Waals surface area contributed by atoms with Crippen LogP contribution >= 0.6 is 0 Å². The molecule has 0 aromatic carbocycles. The van der Waals surface area contributed by atoms with E-state index in [1.165, 1.54) is 38.5 Å². The molecule has 0 radical (unpaired) electrons. The SMILES string of the molecule is CC1CCN(C(=O)c2cncc(NC3CCCCCC3)c2)CC1. The summed E-state index contributed by atoms with van der Waals surface area (Å²) in [6, 6.07) is 2.51. The minimum Gasteiger partial charge on any atom is -0.381 e. The maximum absolute atomic E-state index is 12.7. The van der Waals surface area contributed by atoms with E-state index >= 15 is 0 Å². The van der Waals surface area contributed by atoms with Crippen LogP contribution in [0.1, 0.15) is 68.6 Å². The number of hydrogen-bond acceptors (Lipinski definition) is 3. The third-order valence-electron chi connectivity index (χ3n) is 5.28. The monoisotopic (exact) mass is 315 g/mol. The number of anilines is 1. The number of amides is 1. The molecule has 23 heavy (non-hydrogen) atoms. The highest BCUT2D eigenvalue weighted by Crippen LogP contribution is 2.22. The number of pyridine rings is 1. The third-order valence-corrected chi connectivity index (χ3v) is 5.28. The Balaban J connectivity index is 1.63. The Kier molecular flexibility index (Phi) is 5.52. The first-order chi connectivity index (χ1) is 11.2. The quantitative estimate of drug-likeness (QED) is 0.855. The highest BCUT2D eigenvalue weighted by molar-refractivity contribution is 5.94. The Labute approximate surface area is 139 Å². The first kappa shape index (κ1) is 16.3. The van der Waals surface area contributed by atoms with Crippen molar-refractivity contribution >= 4 is 11.6 Å². The molecule has 1 aliphatic carbocycles. The van der Waals surface area contributed by atoms with Gasteiger partial charge in [-0.25, -0.2) is 0 Å². The van der Waals surface area contributed by atoms with Crippen molar-refractivity contribution in [1.29, 1.82) is 0 Å². The van der Waals surface area contributed by atoms with Gasteiger partial charge in [-0.1, -0.05) is 32.6 Å². The van der Waals surface area contributed by atoms with Crippen LogP contribution in [-0.4, -0.2) is 34.9 Å². The van der Waals surface area contributed by atoms with Crippen molar-refractivity contribution in [3.8, 4) is 0 Å². The average molecular weight is 315 g/mol. The van der Waals surface area contributed by atoms with E-state index < -0.39 is 0 Å². The zero-order valence-electron chi connectivity index (χ0n) is 14.3. The van der Waals surface area contributed by atoms with Crippen LogP contribution in [0.15, 0.2) is 18.5 Å². The standard InChI is InChI=1S/C19H29N3O/c1-15-8-10-22(11-9-15)19(23)16-12-18(14-20-13-16)21-17-6-4-2-3-5-7-17/h12-15,17,21H,2-11H2,1H3. The predicted octanol–water partition coefficient (Wildman–Crippen LogP) is 4.09. The molecule has 0 unspecified atom stereocenters. The minimum atomic E-state index is 0.133. The van der Waals surface area contributed by atoms with E-state index in [1.807, 2.05) is 17.2 Å². The van der Waals surface area contributed by atoms with Gasteiger partial charge in [-0.05, 0) is 37.7 Å². The fraction of sp³-hybridized carbons (Fsp3) is 0.684. The molecule has 0 spiro atoms. The molecule has 1 amide bonds. The molecule has 0 bridgehead atoms. The molecular formula is C19H29N3O. The third kappa shape index (κ3) is 4.46. The van der Waals surface area contributed by atoms with Crippen molar-refractivity contribution in [3.05, 3.63) is 24.0 Å². The van der Waals surface area contributed by atoms with Crippen LogP contribution in [0, 0.1) is 5.92 Å². The highest BCUT2D eigenvalue weighted by Gasteiger charge is 2.22. The summed E-state index contributed by atoms with van der Waals surface area (Å²) in [5, 5.41) is 3.59. The molecule has 1 aliphatic heterocycles. The van der Waals surface area contributed by atoms with Crippen LogP contribution in [-0.2, 0) is 0 Å². The fourth-order valence-electron chi connectivity index (χ4n) is 3.69. The van der Waals surface area contributed by atoms with Crippen LogP contribution in [0.2, 0.25) is 0 Å². The number of carbonyl (C=O) groups is 1. The number of aromatic nitrogens is 1. The summed E-state index contributed by atoms with van der Waals surface area (Å²) in [5.74, 6) is 0.870. The summed E-state index contributed by atoms with van der Waals surface area (Å²) in [6.07, 6.45) is 13.5. The van der Waals surface area contributed by atoms with Gasteiger partial charge in [-0.2, -0.15) is 0 Å². The Hall–Kier alpha value is -1.58. The Morgan fingerprint density at radius 1 is 1.09 bits per heavy atom. The second-order valence-corrected chi connectivity index (χ2v) is 7.27. The number of hydrogen-bond donors (Lipinski definition) is 1. The van der Waals surface area contributed by atoms with Crippen LogP contribution in [0.4, 0.5) is 5.69 Å². The molecule has 3 rings (SSSR count). The molecule has 1 aromatic heterocycles. The van der Waals surface area contributed by atoms with E-state index in [9.17, 15) is 4.79 Å². The second-order valence-electron chi connectivity index (χ2n) is 7.27. The van der Waals surface area contributed by atoms with Gasteiger partial charge in [0.25, 0.3) is 5.91 Å². The van der Waals surface area contributed by atoms with Gasteiger partial charge in [0, 0.05) is 31.5 Å². The molecule has 2 aliphatic rings. The van der Waals surface area contributed by atoms with Gasteiger partial charge >= 0.3 is 0 Å². The lowest BCUT2D eigenvalue weighted by Gasteiger charge is -2.30. The molecule has 1 aromatic rings. The van der Waals surface area contributed by atoms with Gasteiger partial charge in [0.15, 0.2) is 0 Å². The Morgan fingerprint density at radius 3 is 2.48 bits per heavy atom. The van der Waals surface area contributed by atoms with Gasteiger partial charge in [-0.15, -0.1) is 0 Å². The summed E-state index contributed by atoms with van der Waals surface area (Å²) >= 11 is 0. The van der Waals surface area contributed by atoms with Crippen molar-refractivity contribution < 1.29 is 4.79 Å². The van der Waals surface area contributed by atoms with Crippen LogP contribution in [0.5, 0.6) is 0 Å². The van der Waals surface area contributed by atoms with Crippen molar-refractivity contribution in [2.24, 2.45) is 5.92 Å². The van der Waals surface area contributed by atoms with Crippen molar-refractivity contribution in [2.45, 2.75) is 64.3 Å². The number of nitrogens with one attached hydrogen (secondary N) is 1. The summed E-state index contributed by atoms with van der Waals surface area (Å²) in [7, 11) is 0. The van der Waals surface area contributed by atoms with Gasteiger partial charge in [0.1, 0.15) is 0 Å². The van der Waals surface area contributed by atoms with E-state index in [0.717, 1.165) is 43.1 Å². The molecule has 126 valence electrons. The van der Waals surface area contributed by atoms with Crippen molar-refractivity contribution in [1.82, 2.24) is 9.88 Å². The van der Waals surface area contributed by atoms with E-state index in [1.54, 1.807) is 6.20 Å².